The number of hydrogen-bond acceptors (Lipinski definition) is 4. The topological polar surface area (TPSA) is 71.0 Å². The van der Waals surface area contributed by atoms with Gasteiger partial charge in [-0.1, -0.05) is 24.3 Å². The second-order valence-corrected chi connectivity index (χ2v) is 8.64. The van der Waals surface area contributed by atoms with Crippen LogP contribution in [0.1, 0.15) is 30.6 Å². The van der Waals surface area contributed by atoms with Crippen LogP contribution in [0.4, 0.5) is 0 Å². The van der Waals surface area contributed by atoms with Gasteiger partial charge in [0.2, 0.25) is 0 Å². The van der Waals surface area contributed by atoms with E-state index in [9.17, 15) is 8.42 Å². The van der Waals surface area contributed by atoms with Crippen molar-refractivity contribution in [1.82, 2.24) is 10.2 Å². The molecule has 1 atom stereocenters. The zero-order valence-electron chi connectivity index (χ0n) is 15.4. The van der Waals surface area contributed by atoms with Crippen molar-refractivity contribution in [2.45, 2.75) is 26.4 Å². The van der Waals surface area contributed by atoms with Crippen LogP contribution >= 0.6 is 0 Å². The number of guanidine groups is 1. The van der Waals surface area contributed by atoms with E-state index in [0.717, 1.165) is 25.6 Å². The van der Waals surface area contributed by atoms with Gasteiger partial charge in [-0.25, -0.2) is 8.42 Å². The average Bonchev–Trinajstić information content (AvgIpc) is 2.57. The van der Waals surface area contributed by atoms with Gasteiger partial charge in [-0.15, -0.1) is 0 Å². The van der Waals surface area contributed by atoms with Crippen LogP contribution in [0.25, 0.3) is 0 Å². The van der Waals surface area contributed by atoms with Crippen LogP contribution in [0.3, 0.4) is 0 Å². The zero-order valence-corrected chi connectivity index (χ0v) is 16.2. The van der Waals surface area contributed by atoms with Crippen molar-refractivity contribution in [2.24, 2.45) is 4.99 Å². The number of rotatable bonds is 6. The maximum absolute atomic E-state index is 11.2. The lowest BCUT2D eigenvalue weighted by Gasteiger charge is -2.35. The predicted molar refractivity (Wildman–Crippen MR) is 102 cm³/mol. The molecule has 140 valence electrons. The number of morpholine rings is 1. The third-order valence-electron chi connectivity index (χ3n) is 4.17. The van der Waals surface area contributed by atoms with Crippen molar-refractivity contribution in [3.63, 3.8) is 0 Å². The molecular weight excluding hydrogens is 338 g/mol. The summed E-state index contributed by atoms with van der Waals surface area (Å²) >= 11 is 0. The molecule has 2 rings (SSSR count). The van der Waals surface area contributed by atoms with Crippen molar-refractivity contribution in [1.29, 1.82) is 0 Å². The number of aliphatic imine (C=N–C) groups is 1. The SMILES string of the molecule is CCNC(=NCCCS(C)(=O)=O)N1CCOC(c2ccccc2C)C1. The number of sulfone groups is 1. The van der Waals surface area contributed by atoms with E-state index in [1.807, 2.05) is 19.1 Å². The summed E-state index contributed by atoms with van der Waals surface area (Å²) in [7, 11) is -2.93. The molecule has 1 aromatic carbocycles. The summed E-state index contributed by atoms with van der Waals surface area (Å²) in [5.74, 6) is 1.00. The zero-order chi connectivity index (χ0) is 18.3. The number of aryl methyl sites for hydroxylation is 1. The van der Waals surface area contributed by atoms with Gasteiger partial charge in [-0.05, 0) is 31.4 Å². The van der Waals surface area contributed by atoms with Gasteiger partial charge < -0.3 is 15.0 Å². The van der Waals surface area contributed by atoms with E-state index in [1.165, 1.54) is 17.4 Å². The molecule has 1 unspecified atom stereocenters. The van der Waals surface area contributed by atoms with Gasteiger partial charge in [-0.2, -0.15) is 0 Å². The fraction of sp³-hybridized carbons (Fsp3) is 0.611. The fourth-order valence-corrected chi connectivity index (χ4v) is 3.57. The maximum Gasteiger partial charge on any atom is 0.194 e. The molecule has 0 spiro atoms. The Hall–Kier alpha value is -1.60. The number of ether oxygens (including phenoxy) is 1. The first-order valence-electron chi connectivity index (χ1n) is 8.79. The molecule has 0 aromatic heterocycles. The molecule has 0 radical (unpaired) electrons. The molecule has 1 aliphatic heterocycles. The lowest BCUT2D eigenvalue weighted by molar-refractivity contribution is -0.00832. The molecule has 0 bridgehead atoms. The van der Waals surface area contributed by atoms with Crippen LogP contribution < -0.4 is 5.32 Å². The largest absolute Gasteiger partial charge is 0.370 e. The molecule has 0 aliphatic carbocycles. The van der Waals surface area contributed by atoms with Gasteiger partial charge in [0.1, 0.15) is 15.9 Å². The summed E-state index contributed by atoms with van der Waals surface area (Å²) < 4.78 is 28.5. The molecule has 1 saturated heterocycles. The Kier molecular flexibility index (Phi) is 7.25. The fourth-order valence-electron chi connectivity index (χ4n) is 2.92. The second-order valence-electron chi connectivity index (χ2n) is 6.38. The van der Waals surface area contributed by atoms with Crippen molar-refractivity contribution in [3.05, 3.63) is 35.4 Å². The quantitative estimate of drug-likeness (QED) is 0.471. The summed E-state index contributed by atoms with van der Waals surface area (Å²) in [4.78, 5) is 6.80. The summed E-state index contributed by atoms with van der Waals surface area (Å²) in [6.45, 7) is 7.57. The lowest BCUT2D eigenvalue weighted by Crippen LogP contribution is -2.48. The van der Waals surface area contributed by atoms with Gasteiger partial charge >= 0.3 is 0 Å². The van der Waals surface area contributed by atoms with Gasteiger partial charge in [0.25, 0.3) is 0 Å². The highest BCUT2D eigenvalue weighted by Gasteiger charge is 2.25. The van der Waals surface area contributed by atoms with Crippen molar-refractivity contribution < 1.29 is 13.2 Å². The number of nitrogens with one attached hydrogen (secondary N) is 1. The molecule has 6 nitrogen and oxygen atoms in total. The smallest absolute Gasteiger partial charge is 0.194 e. The molecule has 0 amide bonds. The van der Waals surface area contributed by atoms with E-state index in [4.69, 9.17) is 4.74 Å². The molecular formula is C18H29N3O3S. The van der Waals surface area contributed by atoms with E-state index in [2.05, 4.69) is 34.3 Å². The first kappa shape index (κ1) is 19.7. The highest BCUT2D eigenvalue weighted by Crippen LogP contribution is 2.24. The van der Waals surface area contributed by atoms with Crippen molar-refractivity contribution >= 4 is 15.8 Å². The van der Waals surface area contributed by atoms with E-state index in [0.29, 0.717) is 19.6 Å². The standard InChI is InChI=1S/C18H29N3O3S/c1-4-19-18(20-10-7-13-25(3,22)23)21-11-12-24-17(14-21)16-9-6-5-8-15(16)2/h5-6,8-9,17H,4,7,10-14H2,1-3H3,(H,19,20). The molecule has 1 fully saturated rings. The number of hydrogen-bond donors (Lipinski definition) is 1. The Bertz CT molecular complexity index is 689. The monoisotopic (exact) mass is 367 g/mol. The summed E-state index contributed by atoms with van der Waals surface area (Å²) in [6, 6.07) is 8.28. The Labute approximate surface area is 151 Å². The van der Waals surface area contributed by atoms with E-state index < -0.39 is 9.84 Å². The number of nitrogens with zero attached hydrogens (tertiary/aromatic N) is 2. The highest BCUT2D eigenvalue weighted by atomic mass is 32.2. The van der Waals surface area contributed by atoms with Crippen LogP contribution in [-0.4, -0.2) is 64.1 Å². The highest BCUT2D eigenvalue weighted by molar-refractivity contribution is 7.90. The van der Waals surface area contributed by atoms with Crippen molar-refractivity contribution in [2.75, 3.05) is 44.8 Å². The van der Waals surface area contributed by atoms with E-state index in [1.54, 1.807) is 0 Å². The first-order valence-corrected chi connectivity index (χ1v) is 10.8. The third kappa shape index (κ3) is 6.32. The minimum atomic E-state index is -2.93. The summed E-state index contributed by atoms with van der Waals surface area (Å²) in [5, 5.41) is 3.31. The Balaban J connectivity index is 2.03. The Morgan fingerprint density at radius 2 is 2.16 bits per heavy atom. The van der Waals surface area contributed by atoms with E-state index >= 15 is 0 Å². The summed E-state index contributed by atoms with van der Waals surface area (Å²) in [6.07, 6.45) is 1.82. The van der Waals surface area contributed by atoms with Crippen LogP contribution in [0.15, 0.2) is 29.3 Å². The van der Waals surface area contributed by atoms with Crippen LogP contribution in [0.2, 0.25) is 0 Å². The van der Waals surface area contributed by atoms with Gasteiger partial charge in [-0.3, -0.25) is 4.99 Å². The van der Waals surface area contributed by atoms with Gasteiger partial charge in [0.15, 0.2) is 5.96 Å². The van der Waals surface area contributed by atoms with Crippen LogP contribution in [-0.2, 0) is 14.6 Å². The molecule has 1 N–H and O–H groups in total. The van der Waals surface area contributed by atoms with Gasteiger partial charge in [0, 0.05) is 25.9 Å². The minimum Gasteiger partial charge on any atom is -0.370 e. The van der Waals surface area contributed by atoms with Crippen LogP contribution in [0, 0.1) is 6.92 Å². The summed E-state index contributed by atoms with van der Waals surface area (Å²) in [5.41, 5.74) is 2.43. The maximum atomic E-state index is 11.2. The lowest BCUT2D eigenvalue weighted by atomic mass is 10.0. The molecule has 25 heavy (non-hydrogen) atoms. The third-order valence-corrected chi connectivity index (χ3v) is 5.20. The average molecular weight is 368 g/mol. The Morgan fingerprint density at radius 3 is 2.84 bits per heavy atom. The van der Waals surface area contributed by atoms with Crippen molar-refractivity contribution in [3.8, 4) is 0 Å². The molecule has 1 aromatic rings. The molecule has 0 saturated carbocycles. The predicted octanol–water partition coefficient (Wildman–Crippen LogP) is 1.77. The molecule has 1 aliphatic rings. The van der Waals surface area contributed by atoms with Gasteiger partial charge in [0.05, 0.1) is 18.9 Å². The molecule has 7 heteroatoms. The Morgan fingerprint density at radius 1 is 1.40 bits per heavy atom. The normalized spacial score (nSPS) is 19.1. The minimum absolute atomic E-state index is 0.0230. The van der Waals surface area contributed by atoms with E-state index in [-0.39, 0.29) is 11.9 Å². The first-order chi connectivity index (χ1) is 11.9. The second kappa shape index (κ2) is 9.20. The molecule has 1 heterocycles. The number of benzene rings is 1. The van der Waals surface area contributed by atoms with Crippen LogP contribution in [0.5, 0.6) is 0 Å².